The van der Waals surface area contributed by atoms with Gasteiger partial charge in [-0.1, -0.05) is 13.8 Å². The number of hydrogen-bond acceptors (Lipinski definition) is 3. The number of nitrogens with one attached hydrogen (secondary N) is 1. The smallest absolute Gasteiger partial charge is 0.148 e. The summed E-state index contributed by atoms with van der Waals surface area (Å²) in [5.41, 5.74) is 1.22. The van der Waals surface area contributed by atoms with Gasteiger partial charge >= 0.3 is 0 Å². The second-order valence-electron chi connectivity index (χ2n) is 5.30. The van der Waals surface area contributed by atoms with Crippen LogP contribution in [0.1, 0.15) is 26.3 Å². The maximum atomic E-state index is 5.87. The molecule has 1 unspecified atom stereocenters. The first-order valence-corrected chi connectivity index (χ1v) is 8.36. The van der Waals surface area contributed by atoms with Crippen molar-refractivity contribution in [2.45, 2.75) is 33.4 Å². The van der Waals surface area contributed by atoms with E-state index in [9.17, 15) is 0 Å². The van der Waals surface area contributed by atoms with Crippen LogP contribution in [0.25, 0.3) is 0 Å². The molecule has 0 heterocycles. The molecule has 0 spiro atoms. The summed E-state index contributed by atoms with van der Waals surface area (Å²) in [6.45, 7) is 8.82. The highest BCUT2D eigenvalue weighted by Crippen LogP contribution is 2.35. The van der Waals surface area contributed by atoms with E-state index in [4.69, 9.17) is 9.47 Å². The molecule has 20 heavy (non-hydrogen) atoms. The molecule has 0 radical (unpaired) electrons. The summed E-state index contributed by atoms with van der Waals surface area (Å²) in [4.78, 5) is 0. The Kier molecular flexibility index (Phi) is 8.10. The van der Waals surface area contributed by atoms with Gasteiger partial charge < -0.3 is 14.8 Å². The predicted octanol–water partition coefficient (Wildman–Crippen LogP) is 4.37. The van der Waals surface area contributed by atoms with Gasteiger partial charge in [0.05, 0.1) is 15.6 Å². The van der Waals surface area contributed by atoms with Crippen molar-refractivity contribution in [2.75, 3.05) is 20.3 Å². The summed E-state index contributed by atoms with van der Waals surface area (Å²) in [5.74, 6) is 1.47. The van der Waals surface area contributed by atoms with Crippen LogP contribution >= 0.6 is 31.9 Å². The fourth-order valence-electron chi connectivity index (χ4n) is 1.80. The second-order valence-corrected chi connectivity index (χ2v) is 7.01. The summed E-state index contributed by atoms with van der Waals surface area (Å²) < 4.78 is 12.9. The molecule has 5 heteroatoms. The van der Waals surface area contributed by atoms with Gasteiger partial charge in [0, 0.05) is 13.7 Å². The summed E-state index contributed by atoms with van der Waals surface area (Å²) in [6.07, 6.45) is 0.0116. The van der Waals surface area contributed by atoms with E-state index in [0.717, 1.165) is 27.8 Å². The number of halogens is 2. The van der Waals surface area contributed by atoms with E-state index in [1.807, 2.05) is 6.92 Å². The molecule has 3 nitrogen and oxygen atoms in total. The average molecular weight is 409 g/mol. The number of methoxy groups -OCH3 is 1. The Morgan fingerprint density at radius 3 is 2.25 bits per heavy atom. The molecule has 114 valence electrons. The molecule has 0 aromatic heterocycles. The van der Waals surface area contributed by atoms with Gasteiger partial charge in [-0.25, -0.2) is 0 Å². The number of rotatable bonds is 8. The van der Waals surface area contributed by atoms with E-state index in [1.54, 1.807) is 7.11 Å². The summed E-state index contributed by atoms with van der Waals surface area (Å²) >= 11 is 7.15. The van der Waals surface area contributed by atoms with E-state index >= 15 is 0 Å². The monoisotopic (exact) mass is 407 g/mol. The van der Waals surface area contributed by atoms with Crippen LogP contribution < -0.4 is 10.1 Å². The zero-order chi connectivity index (χ0) is 15.1. The van der Waals surface area contributed by atoms with Crippen LogP contribution in [0.5, 0.6) is 5.75 Å². The van der Waals surface area contributed by atoms with Gasteiger partial charge in [0.1, 0.15) is 11.9 Å². The molecule has 0 aliphatic rings. The van der Waals surface area contributed by atoms with E-state index < -0.39 is 0 Å². The quantitative estimate of drug-likeness (QED) is 0.692. The lowest BCUT2D eigenvalue weighted by Gasteiger charge is -2.17. The molecule has 1 rings (SSSR count). The first kappa shape index (κ1) is 18.0. The van der Waals surface area contributed by atoms with Crippen LogP contribution in [0.3, 0.4) is 0 Å². The summed E-state index contributed by atoms with van der Waals surface area (Å²) in [6, 6.07) is 4.18. The first-order valence-electron chi connectivity index (χ1n) is 6.78. The SMILES string of the molecule is COCC(C)Oc1c(Br)cc(CNCC(C)C)cc1Br. The van der Waals surface area contributed by atoms with Crippen molar-refractivity contribution in [2.24, 2.45) is 5.92 Å². The normalized spacial score (nSPS) is 12.8. The maximum Gasteiger partial charge on any atom is 0.148 e. The van der Waals surface area contributed by atoms with E-state index in [0.29, 0.717) is 12.5 Å². The van der Waals surface area contributed by atoms with Crippen molar-refractivity contribution >= 4 is 31.9 Å². The van der Waals surface area contributed by atoms with E-state index in [1.165, 1.54) is 5.56 Å². The molecule has 0 saturated carbocycles. The number of hydrogen-bond donors (Lipinski definition) is 1. The highest BCUT2D eigenvalue weighted by Gasteiger charge is 2.12. The molecule has 1 N–H and O–H groups in total. The van der Waals surface area contributed by atoms with Crippen LogP contribution in [0.2, 0.25) is 0 Å². The van der Waals surface area contributed by atoms with Crippen molar-refractivity contribution in [1.82, 2.24) is 5.32 Å². The molecule has 1 aromatic carbocycles. The lowest BCUT2D eigenvalue weighted by atomic mass is 10.2. The minimum atomic E-state index is 0.0116. The zero-order valence-electron chi connectivity index (χ0n) is 12.5. The van der Waals surface area contributed by atoms with E-state index in [2.05, 4.69) is 63.2 Å². The van der Waals surface area contributed by atoms with Gasteiger partial charge in [0.2, 0.25) is 0 Å². The fourth-order valence-corrected chi connectivity index (χ4v) is 3.27. The molecule has 1 aromatic rings. The lowest BCUT2D eigenvalue weighted by molar-refractivity contribution is 0.0910. The molecule has 0 saturated heterocycles. The van der Waals surface area contributed by atoms with Crippen LogP contribution in [0.15, 0.2) is 21.1 Å². The molecule has 0 bridgehead atoms. The van der Waals surface area contributed by atoms with Crippen molar-refractivity contribution in [3.8, 4) is 5.75 Å². The highest BCUT2D eigenvalue weighted by molar-refractivity contribution is 9.11. The third-order valence-electron chi connectivity index (χ3n) is 2.66. The maximum absolute atomic E-state index is 5.87. The Morgan fingerprint density at radius 2 is 1.75 bits per heavy atom. The lowest BCUT2D eigenvalue weighted by Crippen LogP contribution is -2.20. The topological polar surface area (TPSA) is 30.5 Å². The minimum Gasteiger partial charge on any atom is -0.486 e. The first-order chi connectivity index (χ1) is 9.43. The summed E-state index contributed by atoms with van der Waals surface area (Å²) in [7, 11) is 1.67. The molecular weight excluding hydrogens is 386 g/mol. The van der Waals surface area contributed by atoms with Crippen molar-refractivity contribution in [1.29, 1.82) is 0 Å². The summed E-state index contributed by atoms with van der Waals surface area (Å²) in [5, 5.41) is 3.43. The van der Waals surface area contributed by atoms with Gasteiger partial charge in [-0.2, -0.15) is 0 Å². The third kappa shape index (κ3) is 6.12. The third-order valence-corrected chi connectivity index (χ3v) is 3.84. The van der Waals surface area contributed by atoms with Crippen LogP contribution in [0.4, 0.5) is 0 Å². The van der Waals surface area contributed by atoms with Crippen molar-refractivity contribution in [3.63, 3.8) is 0 Å². The second kappa shape index (κ2) is 9.03. The highest BCUT2D eigenvalue weighted by atomic mass is 79.9. The van der Waals surface area contributed by atoms with Gasteiger partial charge in [-0.3, -0.25) is 0 Å². The Labute approximate surface area is 138 Å². The molecule has 0 aliphatic carbocycles. The van der Waals surface area contributed by atoms with Crippen molar-refractivity contribution in [3.05, 3.63) is 26.6 Å². The standard InChI is InChI=1S/C15H23Br2NO2/c1-10(2)7-18-8-12-5-13(16)15(14(17)6-12)20-11(3)9-19-4/h5-6,10-11,18H,7-9H2,1-4H3. The Hall–Kier alpha value is -0.100. The van der Waals surface area contributed by atoms with Gasteiger partial charge in [0.15, 0.2) is 0 Å². The average Bonchev–Trinajstić information content (AvgIpc) is 2.34. The van der Waals surface area contributed by atoms with Crippen LogP contribution in [-0.4, -0.2) is 26.4 Å². The number of benzene rings is 1. The Morgan fingerprint density at radius 1 is 1.15 bits per heavy atom. The predicted molar refractivity (Wildman–Crippen MR) is 90.4 cm³/mol. The van der Waals surface area contributed by atoms with Gasteiger partial charge in [0.25, 0.3) is 0 Å². The van der Waals surface area contributed by atoms with Crippen LogP contribution in [-0.2, 0) is 11.3 Å². The Balaban J connectivity index is 2.70. The zero-order valence-corrected chi connectivity index (χ0v) is 15.7. The fraction of sp³-hybridized carbons (Fsp3) is 0.600. The van der Waals surface area contributed by atoms with Crippen LogP contribution in [0, 0.1) is 5.92 Å². The van der Waals surface area contributed by atoms with Crippen molar-refractivity contribution < 1.29 is 9.47 Å². The Bertz CT molecular complexity index is 401. The largest absolute Gasteiger partial charge is 0.486 e. The molecule has 0 fully saturated rings. The minimum absolute atomic E-state index is 0.0116. The molecular formula is C15H23Br2NO2. The number of ether oxygens (including phenoxy) is 2. The molecule has 1 atom stereocenters. The van der Waals surface area contributed by atoms with E-state index in [-0.39, 0.29) is 6.10 Å². The molecule has 0 aliphatic heterocycles. The van der Waals surface area contributed by atoms with Gasteiger partial charge in [-0.05, 0) is 68.9 Å². The van der Waals surface area contributed by atoms with Gasteiger partial charge in [-0.15, -0.1) is 0 Å². The molecule has 0 amide bonds.